The first kappa shape index (κ1) is 7.03. The number of epoxide rings is 1. The number of hydrogen-bond donors (Lipinski definition) is 0. The molecule has 0 aromatic carbocycles. The monoisotopic (exact) mass is 242 g/mol. The topological polar surface area (TPSA) is 12.5 Å². The molecule has 1 heterocycles. The molecule has 2 atom stereocenters. The summed E-state index contributed by atoms with van der Waals surface area (Å²) in [6.45, 7) is 4.09. The molecule has 8 heavy (non-hydrogen) atoms. The van der Waals surface area contributed by atoms with Crippen molar-refractivity contribution in [1.29, 1.82) is 0 Å². The molecule has 1 saturated heterocycles. The fraction of sp³-hybridized carbons (Fsp3) is 1.00. The van der Waals surface area contributed by atoms with Crippen molar-refractivity contribution in [2.75, 3.05) is 0 Å². The summed E-state index contributed by atoms with van der Waals surface area (Å²) >= 11 is 6.84. The van der Waals surface area contributed by atoms with Crippen molar-refractivity contribution >= 4 is 31.9 Å². The molecule has 1 nitrogen and oxygen atoms in total. The molecule has 0 aliphatic carbocycles. The Hall–Kier alpha value is 0.920. The smallest absolute Gasteiger partial charge is 0.163 e. The van der Waals surface area contributed by atoms with Crippen LogP contribution in [0.1, 0.15) is 20.3 Å². The molecule has 0 bridgehead atoms. The molecule has 48 valence electrons. The Morgan fingerprint density at radius 3 is 1.88 bits per heavy atom. The van der Waals surface area contributed by atoms with Gasteiger partial charge in [-0.25, -0.2) is 0 Å². The Kier molecular flexibility index (Phi) is 1.50. The average Bonchev–Trinajstić information content (AvgIpc) is 2.10. The second-order valence-corrected chi connectivity index (χ2v) is 4.90. The lowest BCUT2D eigenvalue weighted by atomic mass is 10.3. The Morgan fingerprint density at radius 1 is 1.50 bits per heavy atom. The first-order valence-corrected chi connectivity index (χ1v) is 4.18. The van der Waals surface area contributed by atoms with Crippen molar-refractivity contribution in [2.24, 2.45) is 0 Å². The highest BCUT2D eigenvalue weighted by atomic mass is 79.9. The summed E-state index contributed by atoms with van der Waals surface area (Å²) < 4.78 is 5.07. The van der Waals surface area contributed by atoms with Crippen LogP contribution in [0.15, 0.2) is 0 Å². The molecule has 0 spiro atoms. The molecule has 0 aromatic rings. The van der Waals surface area contributed by atoms with E-state index in [0.29, 0.717) is 0 Å². The summed E-state index contributed by atoms with van der Waals surface area (Å²) in [5.74, 6) is 0. The summed E-state index contributed by atoms with van der Waals surface area (Å²) in [7, 11) is 0. The van der Waals surface area contributed by atoms with Gasteiger partial charge in [0.15, 0.2) is 9.02 Å². The van der Waals surface area contributed by atoms with E-state index in [-0.39, 0.29) is 9.02 Å². The van der Waals surface area contributed by atoms with E-state index in [1.807, 2.05) is 6.92 Å². The predicted molar refractivity (Wildman–Crippen MR) is 40.4 cm³/mol. The van der Waals surface area contributed by atoms with Gasteiger partial charge in [0.1, 0.15) is 0 Å². The lowest BCUT2D eigenvalue weighted by molar-refractivity contribution is 0.352. The van der Waals surface area contributed by atoms with Crippen molar-refractivity contribution in [3.05, 3.63) is 0 Å². The van der Waals surface area contributed by atoms with Crippen LogP contribution in [0.5, 0.6) is 0 Å². The lowest BCUT2D eigenvalue weighted by Crippen LogP contribution is -2.06. The van der Waals surface area contributed by atoms with Crippen LogP contribution in [0.2, 0.25) is 0 Å². The summed E-state index contributed by atoms with van der Waals surface area (Å²) in [5, 5.41) is 0. The third-order valence-corrected chi connectivity index (χ3v) is 4.25. The molecule has 1 aliphatic rings. The molecule has 1 aliphatic heterocycles. The molecular formula is C5H8Br2O. The fourth-order valence-electron chi connectivity index (χ4n) is 0.666. The molecule has 0 aromatic heterocycles. The third kappa shape index (κ3) is 0.847. The van der Waals surface area contributed by atoms with Crippen LogP contribution in [0, 0.1) is 0 Å². The van der Waals surface area contributed by atoms with Crippen LogP contribution in [0.25, 0.3) is 0 Å². The van der Waals surface area contributed by atoms with Crippen LogP contribution < -0.4 is 0 Å². The van der Waals surface area contributed by atoms with Crippen molar-refractivity contribution < 1.29 is 4.74 Å². The van der Waals surface area contributed by atoms with Crippen LogP contribution in [-0.2, 0) is 4.74 Å². The van der Waals surface area contributed by atoms with E-state index < -0.39 is 0 Å². The van der Waals surface area contributed by atoms with Crippen molar-refractivity contribution in [3.8, 4) is 0 Å². The zero-order valence-corrected chi connectivity index (χ0v) is 8.04. The number of alkyl halides is 2. The number of ether oxygens (including phenoxy) is 1. The van der Waals surface area contributed by atoms with E-state index in [9.17, 15) is 0 Å². The highest BCUT2D eigenvalue weighted by molar-refractivity contribution is 9.13. The highest BCUT2D eigenvalue weighted by Crippen LogP contribution is 2.58. The maximum absolute atomic E-state index is 5.27. The van der Waals surface area contributed by atoms with E-state index >= 15 is 0 Å². The van der Waals surface area contributed by atoms with Gasteiger partial charge in [-0.15, -0.1) is 0 Å². The van der Waals surface area contributed by atoms with E-state index in [4.69, 9.17) is 4.74 Å². The molecule has 0 unspecified atom stereocenters. The normalized spacial score (nSPS) is 54.0. The zero-order chi connectivity index (χ0) is 6.41. The molecule has 0 N–H and O–H groups in total. The number of rotatable bonds is 1. The summed E-state index contributed by atoms with van der Waals surface area (Å²) in [4.78, 5) is 0. The minimum Gasteiger partial charge on any atom is -0.338 e. The van der Waals surface area contributed by atoms with Gasteiger partial charge < -0.3 is 4.74 Å². The van der Waals surface area contributed by atoms with E-state index in [2.05, 4.69) is 38.8 Å². The second-order valence-electron chi connectivity index (χ2n) is 2.10. The molecule has 1 fully saturated rings. The lowest BCUT2D eigenvalue weighted by Gasteiger charge is -1.97. The average molecular weight is 244 g/mol. The maximum atomic E-state index is 5.27. The van der Waals surface area contributed by atoms with E-state index in [1.165, 1.54) is 0 Å². The van der Waals surface area contributed by atoms with E-state index in [1.54, 1.807) is 0 Å². The van der Waals surface area contributed by atoms with Crippen LogP contribution >= 0.6 is 31.9 Å². The molecule has 0 saturated carbocycles. The van der Waals surface area contributed by atoms with Gasteiger partial charge in [-0.1, -0.05) is 22.9 Å². The third-order valence-electron chi connectivity index (χ3n) is 1.43. The van der Waals surface area contributed by atoms with Crippen LogP contribution in [-0.4, -0.2) is 9.02 Å². The Bertz CT molecular complexity index is 113. The molecule has 1 rings (SSSR count). The van der Waals surface area contributed by atoms with E-state index in [0.717, 1.165) is 6.42 Å². The Morgan fingerprint density at radius 2 is 1.88 bits per heavy atom. The quantitative estimate of drug-likeness (QED) is 0.510. The first-order valence-electron chi connectivity index (χ1n) is 2.60. The van der Waals surface area contributed by atoms with Gasteiger partial charge in [-0.3, -0.25) is 0 Å². The standard InChI is InChI=1S/C5H8Br2O/c1-3-5(7)4(2,6)8-5/h3H2,1-2H3/t4-,5+/m1/s1. The SMILES string of the molecule is CC[C@]1(Br)O[C@@]1(C)Br. The molecule has 0 amide bonds. The molecular weight excluding hydrogens is 236 g/mol. The van der Waals surface area contributed by atoms with Crippen LogP contribution in [0.4, 0.5) is 0 Å². The number of halogens is 2. The van der Waals surface area contributed by atoms with Crippen molar-refractivity contribution in [1.82, 2.24) is 0 Å². The molecule has 0 radical (unpaired) electrons. The summed E-state index contributed by atoms with van der Waals surface area (Å²) in [5.41, 5.74) is 0. The van der Waals surface area contributed by atoms with Gasteiger partial charge in [0.2, 0.25) is 0 Å². The first-order chi connectivity index (χ1) is 3.52. The maximum Gasteiger partial charge on any atom is 0.163 e. The number of hydrogen-bond acceptors (Lipinski definition) is 1. The molecule has 3 heteroatoms. The predicted octanol–water partition coefficient (Wildman–Crippen LogP) is 2.63. The Balaban J connectivity index is 2.55. The van der Waals surface area contributed by atoms with Crippen LogP contribution in [0.3, 0.4) is 0 Å². The minimum atomic E-state index is -0.116. The largest absolute Gasteiger partial charge is 0.338 e. The van der Waals surface area contributed by atoms with Gasteiger partial charge in [0.05, 0.1) is 0 Å². The second kappa shape index (κ2) is 1.70. The minimum absolute atomic E-state index is 0.0833. The summed E-state index contributed by atoms with van der Waals surface area (Å²) in [6.07, 6.45) is 0.995. The Labute approximate surface area is 66.0 Å². The van der Waals surface area contributed by atoms with Gasteiger partial charge in [-0.2, -0.15) is 0 Å². The zero-order valence-electron chi connectivity index (χ0n) is 4.87. The van der Waals surface area contributed by atoms with Gasteiger partial charge in [0.25, 0.3) is 0 Å². The van der Waals surface area contributed by atoms with Gasteiger partial charge in [-0.05, 0) is 29.3 Å². The van der Waals surface area contributed by atoms with Gasteiger partial charge >= 0.3 is 0 Å². The fourth-order valence-corrected chi connectivity index (χ4v) is 1.76. The van der Waals surface area contributed by atoms with Gasteiger partial charge in [0, 0.05) is 0 Å². The van der Waals surface area contributed by atoms with Crippen molar-refractivity contribution in [2.45, 2.75) is 29.3 Å². The van der Waals surface area contributed by atoms with Crippen molar-refractivity contribution in [3.63, 3.8) is 0 Å². The summed E-state index contributed by atoms with van der Waals surface area (Å²) in [6, 6.07) is 0. The highest BCUT2D eigenvalue weighted by Gasteiger charge is 2.62.